The van der Waals surface area contributed by atoms with Crippen LogP contribution in [0, 0.1) is 12.8 Å². The van der Waals surface area contributed by atoms with Gasteiger partial charge in [-0.25, -0.2) is 14.8 Å². The van der Waals surface area contributed by atoms with Gasteiger partial charge in [0.05, 0.1) is 0 Å². The number of rotatable bonds is 2. The zero-order chi connectivity index (χ0) is 12.4. The molecule has 92 valence electrons. The third-order valence-corrected chi connectivity index (χ3v) is 3.13. The molecule has 1 saturated heterocycles. The quantitative estimate of drug-likeness (QED) is 0.845. The molecular weight excluding hydrogens is 218 g/mol. The first-order valence-corrected chi connectivity index (χ1v) is 5.90. The third-order valence-electron chi connectivity index (χ3n) is 3.13. The number of anilines is 1. The van der Waals surface area contributed by atoms with Crippen LogP contribution >= 0.6 is 0 Å². The molecule has 1 N–H and O–H groups in total. The van der Waals surface area contributed by atoms with Gasteiger partial charge in [0, 0.05) is 18.8 Å². The molecular formula is C12H17N3O2. The van der Waals surface area contributed by atoms with Gasteiger partial charge in [-0.2, -0.15) is 0 Å². The van der Waals surface area contributed by atoms with Crippen LogP contribution in [0.25, 0.3) is 0 Å². The Kier molecular flexibility index (Phi) is 3.26. The molecule has 0 aromatic carbocycles. The molecule has 1 aliphatic rings. The molecule has 2 heterocycles. The van der Waals surface area contributed by atoms with Gasteiger partial charge >= 0.3 is 5.97 Å². The Bertz CT molecular complexity index is 426. The molecule has 0 bridgehead atoms. The van der Waals surface area contributed by atoms with Crippen LogP contribution in [0.1, 0.15) is 35.9 Å². The van der Waals surface area contributed by atoms with Crippen LogP contribution in [-0.2, 0) is 0 Å². The Morgan fingerprint density at radius 2 is 2.06 bits per heavy atom. The second-order valence-corrected chi connectivity index (χ2v) is 4.67. The van der Waals surface area contributed by atoms with Gasteiger partial charge in [0.25, 0.3) is 0 Å². The number of carboxylic acid groups (broad SMARTS) is 1. The highest BCUT2D eigenvalue weighted by Gasteiger charge is 2.19. The maximum atomic E-state index is 10.9. The number of nitrogens with zero attached hydrogens (tertiary/aromatic N) is 3. The van der Waals surface area contributed by atoms with Crippen molar-refractivity contribution in [3.63, 3.8) is 0 Å². The molecule has 2 rings (SSSR count). The van der Waals surface area contributed by atoms with E-state index in [1.54, 1.807) is 6.92 Å². The highest BCUT2D eigenvalue weighted by atomic mass is 16.4. The van der Waals surface area contributed by atoms with E-state index in [1.165, 1.54) is 6.07 Å². The van der Waals surface area contributed by atoms with Crippen LogP contribution in [0.15, 0.2) is 6.07 Å². The molecule has 17 heavy (non-hydrogen) atoms. The first-order chi connectivity index (χ1) is 8.06. The molecule has 0 aliphatic carbocycles. The number of aromatic carboxylic acids is 1. The fraction of sp³-hybridized carbons (Fsp3) is 0.583. The van der Waals surface area contributed by atoms with Crippen molar-refractivity contribution < 1.29 is 9.90 Å². The van der Waals surface area contributed by atoms with Gasteiger partial charge < -0.3 is 10.0 Å². The minimum atomic E-state index is -0.998. The van der Waals surface area contributed by atoms with Crippen molar-refractivity contribution >= 4 is 11.9 Å². The van der Waals surface area contributed by atoms with Gasteiger partial charge in [-0.3, -0.25) is 0 Å². The molecule has 5 nitrogen and oxygen atoms in total. The van der Waals surface area contributed by atoms with E-state index in [1.807, 2.05) is 0 Å². The summed E-state index contributed by atoms with van der Waals surface area (Å²) in [5, 5.41) is 8.97. The van der Waals surface area contributed by atoms with Crippen molar-refractivity contribution in [2.75, 3.05) is 18.0 Å². The molecule has 1 fully saturated rings. The van der Waals surface area contributed by atoms with Crippen molar-refractivity contribution in [1.82, 2.24) is 9.97 Å². The predicted octanol–water partition coefficient (Wildman–Crippen LogP) is 1.72. The van der Waals surface area contributed by atoms with Crippen LogP contribution in [0.5, 0.6) is 0 Å². The number of piperidine rings is 1. The monoisotopic (exact) mass is 235 g/mol. The SMILES string of the molecule is Cc1cc(C(=O)O)nc(N2CCC(C)CC2)n1. The maximum absolute atomic E-state index is 10.9. The minimum absolute atomic E-state index is 0.0751. The first-order valence-electron chi connectivity index (χ1n) is 5.90. The Morgan fingerprint density at radius 1 is 1.41 bits per heavy atom. The van der Waals surface area contributed by atoms with Gasteiger partial charge in [-0.05, 0) is 31.7 Å². The summed E-state index contributed by atoms with van der Waals surface area (Å²) in [6, 6.07) is 1.50. The largest absolute Gasteiger partial charge is 0.477 e. The Labute approximate surface area is 100 Å². The Hall–Kier alpha value is -1.65. The summed E-state index contributed by atoms with van der Waals surface area (Å²) in [5.74, 6) is 0.284. The number of hydrogen-bond acceptors (Lipinski definition) is 4. The highest BCUT2D eigenvalue weighted by molar-refractivity contribution is 5.85. The molecule has 1 aromatic heterocycles. The molecule has 1 aliphatic heterocycles. The zero-order valence-electron chi connectivity index (χ0n) is 10.2. The summed E-state index contributed by atoms with van der Waals surface area (Å²) >= 11 is 0. The van der Waals surface area contributed by atoms with E-state index in [0.29, 0.717) is 11.6 Å². The topological polar surface area (TPSA) is 66.3 Å². The number of hydrogen-bond donors (Lipinski definition) is 1. The van der Waals surface area contributed by atoms with Gasteiger partial charge in [-0.1, -0.05) is 6.92 Å². The number of carboxylic acids is 1. The predicted molar refractivity (Wildman–Crippen MR) is 64.3 cm³/mol. The zero-order valence-corrected chi connectivity index (χ0v) is 10.2. The van der Waals surface area contributed by atoms with Crippen molar-refractivity contribution in [2.24, 2.45) is 5.92 Å². The second kappa shape index (κ2) is 4.69. The molecule has 0 unspecified atom stereocenters. The number of aromatic nitrogens is 2. The Morgan fingerprint density at radius 3 is 2.65 bits per heavy atom. The van der Waals surface area contributed by atoms with E-state index in [2.05, 4.69) is 21.8 Å². The molecule has 5 heteroatoms. The number of aryl methyl sites for hydroxylation is 1. The third kappa shape index (κ3) is 2.72. The molecule has 0 radical (unpaired) electrons. The molecule has 0 saturated carbocycles. The van der Waals surface area contributed by atoms with E-state index >= 15 is 0 Å². The van der Waals surface area contributed by atoms with Crippen molar-refractivity contribution in [1.29, 1.82) is 0 Å². The highest BCUT2D eigenvalue weighted by Crippen LogP contribution is 2.20. The lowest BCUT2D eigenvalue weighted by atomic mass is 10.00. The standard InChI is InChI=1S/C12H17N3O2/c1-8-3-5-15(6-4-8)12-13-9(2)7-10(14-12)11(16)17/h7-8H,3-6H2,1-2H3,(H,16,17). The molecule has 0 spiro atoms. The summed E-state index contributed by atoms with van der Waals surface area (Å²) in [6.07, 6.45) is 2.22. The van der Waals surface area contributed by atoms with Crippen LogP contribution in [-0.4, -0.2) is 34.1 Å². The second-order valence-electron chi connectivity index (χ2n) is 4.67. The van der Waals surface area contributed by atoms with Crippen molar-refractivity contribution in [3.8, 4) is 0 Å². The smallest absolute Gasteiger partial charge is 0.354 e. The average Bonchev–Trinajstić information content (AvgIpc) is 2.29. The normalized spacial score (nSPS) is 17.2. The van der Waals surface area contributed by atoms with E-state index in [-0.39, 0.29) is 5.69 Å². The molecule has 0 amide bonds. The summed E-state index contributed by atoms with van der Waals surface area (Å²) in [4.78, 5) is 21.4. The van der Waals surface area contributed by atoms with Crippen molar-refractivity contribution in [2.45, 2.75) is 26.7 Å². The van der Waals surface area contributed by atoms with Crippen LogP contribution in [0.3, 0.4) is 0 Å². The van der Waals surface area contributed by atoms with E-state index in [4.69, 9.17) is 5.11 Å². The number of carbonyl (C=O) groups is 1. The summed E-state index contributed by atoms with van der Waals surface area (Å²) in [5.41, 5.74) is 0.775. The lowest BCUT2D eigenvalue weighted by Crippen LogP contribution is -2.34. The van der Waals surface area contributed by atoms with Gasteiger partial charge in [0.15, 0.2) is 5.69 Å². The van der Waals surface area contributed by atoms with Crippen LogP contribution in [0.2, 0.25) is 0 Å². The fourth-order valence-electron chi connectivity index (χ4n) is 2.01. The fourth-order valence-corrected chi connectivity index (χ4v) is 2.01. The summed E-state index contributed by atoms with van der Waals surface area (Å²) in [7, 11) is 0. The van der Waals surface area contributed by atoms with E-state index in [0.717, 1.165) is 31.8 Å². The lowest BCUT2D eigenvalue weighted by molar-refractivity contribution is 0.0690. The van der Waals surface area contributed by atoms with Crippen molar-refractivity contribution in [3.05, 3.63) is 17.5 Å². The van der Waals surface area contributed by atoms with Crippen LogP contribution < -0.4 is 4.90 Å². The van der Waals surface area contributed by atoms with E-state index < -0.39 is 5.97 Å². The maximum Gasteiger partial charge on any atom is 0.354 e. The lowest BCUT2D eigenvalue weighted by Gasteiger charge is -2.30. The first kappa shape index (κ1) is 11.8. The molecule has 1 aromatic rings. The average molecular weight is 235 g/mol. The van der Waals surface area contributed by atoms with Crippen LogP contribution in [0.4, 0.5) is 5.95 Å². The van der Waals surface area contributed by atoms with Gasteiger partial charge in [0.1, 0.15) is 0 Å². The van der Waals surface area contributed by atoms with E-state index in [9.17, 15) is 4.79 Å². The summed E-state index contributed by atoms with van der Waals surface area (Å²) < 4.78 is 0. The summed E-state index contributed by atoms with van der Waals surface area (Å²) in [6.45, 7) is 5.84. The Balaban J connectivity index is 2.23. The van der Waals surface area contributed by atoms with Gasteiger partial charge in [-0.15, -0.1) is 0 Å². The minimum Gasteiger partial charge on any atom is -0.477 e. The van der Waals surface area contributed by atoms with Gasteiger partial charge in [0.2, 0.25) is 5.95 Å². The molecule has 0 atom stereocenters.